The largest absolute Gasteiger partial charge is 0.497 e. The number of rotatable bonds is 7. The Bertz CT molecular complexity index is 1510. The minimum absolute atomic E-state index is 0.0647. The lowest BCUT2D eigenvalue weighted by atomic mass is 9.71. The quantitative estimate of drug-likeness (QED) is 0.390. The molecule has 0 saturated carbocycles. The smallest absolute Gasteiger partial charge is 0.254 e. The van der Waals surface area contributed by atoms with E-state index in [4.69, 9.17) is 14.2 Å². The van der Waals surface area contributed by atoms with E-state index in [1.807, 2.05) is 25.1 Å². The summed E-state index contributed by atoms with van der Waals surface area (Å²) in [5.74, 6) is 0.358. The fraction of sp³-hybridized carbons (Fsp3) is 0.250. The molecule has 1 aliphatic carbocycles. The highest BCUT2D eigenvalue weighted by atomic mass is 19.1. The van der Waals surface area contributed by atoms with Gasteiger partial charge in [-0.25, -0.2) is 4.39 Å². The molecule has 3 aromatic carbocycles. The molecule has 40 heavy (non-hydrogen) atoms. The van der Waals surface area contributed by atoms with Gasteiger partial charge in [0.25, 0.3) is 5.91 Å². The van der Waals surface area contributed by atoms with Crippen LogP contribution in [-0.4, -0.2) is 33.0 Å². The first-order valence-electron chi connectivity index (χ1n) is 13.0. The number of allylic oxidation sites excluding steroid dienone is 3. The molecule has 7 nitrogen and oxygen atoms in total. The van der Waals surface area contributed by atoms with Gasteiger partial charge < -0.3 is 24.8 Å². The van der Waals surface area contributed by atoms with E-state index >= 15 is 0 Å². The Morgan fingerprint density at radius 3 is 2.20 bits per heavy atom. The van der Waals surface area contributed by atoms with Gasteiger partial charge in [0, 0.05) is 40.6 Å². The van der Waals surface area contributed by atoms with Crippen LogP contribution in [0, 0.1) is 5.82 Å². The summed E-state index contributed by atoms with van der Waals surface area (Å²) in [5, 5.41) is 6.32. The van der Waals surface area contributed by atoms with Gasteiger partial charge in [-0.1, -0.05) is 18.2 Å². The Kier molecular flexibility index (Phi) is 7.60. The Morgan fingerprint density at radius 2 is 1.55 bits per heavy atom. The second kappa shape index (κ2) is 11.3. The number of anilines is 1. The van der Waals surface area contributed by atoms with E-state index in [1.54, 1.807) is 57.7 Å². The molecule has 1 amide bonds. The fourth-order valence-electron chi connectivity index (χ4n) is 5.54. The lowest BCUT2D eigenvalue weighted by Crippen LogP contribution is -2.37. The number of halogens is 1. The van der Waals surface area contributed by atoms with Crippen molar-refractivity contribution in [3.63, 3.8) is 0 Å². The third-order valence-electron chi connectivity index (χ3n) is 7.50. The lowest BCUT2D eigenvalue weighted by molar-refractivity contribution is -0.116. The standard InChI is InChI=1S/C32H31FN2O5/c1-18-29(32(37)35-23-10-12-24(38-2)13-11-23)30(19-5-8-22(33)9-6-19)31-25(34-18)15-21(16-26(31)36)20-7-14-27(39-3)28(17-20)40-4/h5-14,17,21,30,34H,15-16H2,1-4H3,(H,35,37)/t21-,30+/m1/s1. The maximum atomic E-state index is 13.9. The monoisotopic (exact) mass is 542 g/mol. The van der Waals surface area contributed by atoms with Crippen molar-refractivity contribution < 1.29 is 28.2 Å². The summed E-state index contributed by atoms with van der Waals surface area (Å²) < 4.78 is 29.9. The van der Waals surface area contributed by atoms with Gasteiger partial charge in [-0.05, 0) is 78.9 Å². The number of benzene rings is 3. The van der Waals surface area contributed by atoms with Crippen LogP contribution < -0.4 is 24.8 Å². The van der Waals surface area contributed by atoms with Crippen molar-refractivity contribution in [1.29, 1.82) is 0 Å². The van der Waals surface area contributed by atoms with Crippen molar-refractivity contribution in [2.45, 2.75) is 31.6 Å². The topological polar surface area (TPSA) is 85.9 Å². The minimum Gasteiger partial charge on any atom is -0.497 e. The van der Waals surface area contributed by atoms with E-state index in [-0.39, 0.29) is 29.8 Å². The Labute approximate surface area is 232 Å². The van der Waals surface area contributed by atoms with E-state index in [9.17, 15) is 14.0 Å². The molecule has 3 aromatic rings. The van der Waals surface area contributed by atoms with Crippen LogP contribution in [0.4, 0.5) is 10.1 Å². The molecule has 5 rings (SSSR count). The molecule has 0 fully saturated rings. The predicted molar refractivity (Wildman–Crippen MR) is 150 cm³/mol. The second-order valence-electron chi connectivity index (χ2n) is 9.87. The number of hydrogen-bond donors (Lipinski definition) is 2. The van der Waals surface area contributed by atoms with Crippen molar-refractivity contribution in [1.82, 2.24) is 5.32 Å². The Hall–Kier alpha value is -4.59. The molecular formula is C32H31FN2O5. The highest BCUT2D eigenvalue weighted by Gasteiger charge is 2.41. The predicted octanol–water partition coefficient (Wildman–Crippen LogP) is 5.85. The highest BCUT2D eigenvalue weighted by molar-refractivity contribution is 6.10. The molecule has 1 aliphatic heterocycles. The molecule has 0 saturated heterocycles. The Balaban J connectivity index is 1.52. The molecule has 2 N–H and O–H groups in total. The number of dihydropyridines is 1. The number of ether oxygens (including phenoxy) is 3. The minimum atomic E-state index is -0.644. The van der Waals surface area contributed by atoms with Crippen LogP contribution in [0.5, 0.6) is 17.2 Å². The summed E-state index contributed by atoms with van der Waals surface area (Å²) in [5.41, 5.74) is 4.58. The number of nitrogens with one attached hydrogen (secondary N) is 2. The van der Waals surface area contributed by atoms with Crippen molar-refractivity contribution in [2.75, 3.05) is 26.6 Å². The average Bonchev–Trinajstić information content (AvgIpc) is 2.96. The van der Waals surface area contributed by atoms with E-state index < -0.39 is 5.92 Å². The van der Waals surface area contributed by atoms with Crippen LogP contribution in [0.1, 0.15) is 42.7 Å². The molecule has 8 heteroatoms. The summed E-state index contributed by atoms with van der Waals surface area (Å²) >= 11 is 0. The number of Topliss-reactive ketones (excluding diaryl/α,β-unsaturated/α-hetero) is 1. The summed E-state index contributed by atoms with van der Waals surface area (Å²) in [6.07, 6.45) is 0.832. The van der Waals surface area contributed by atoms with Crippen LogP contribution in [0.15, 0.2) is 89.3 Å². The van der Waals surface area contributed by atoms with Crippen LogP contribution >= 0.6 is 0 Å². The zero-order valence-electron chi connectivity index (χ0n) is 22.8. The third kappa shape index (κ3) is 5.17. The molecule has 1 heterocycles. The van der Waals surface area contributed by atoms with E-state index in [2.05, 4.69) is 10.6 Å². The molecule has 0 aromatic heterocycles. The maximum Gasteiger partial charge on any atom is 0.254 e. The second-order valence-corrected chi connectivity index (χ2v) is 9.87. The van der Waals surface area contributed by atoms with E-state index in [0.29, 0.717) is 51.8 Å². The number of carbonyl (C=O) groups excluding carboxylic acids is 2. The maximum absolute atomic E-state index is 13.9. The zero-order chi connectivity index (χ0) is 28.4. The number of hydrogen-bond acceptors (Lipinski definition) is 6. The number of amides is 1. The Morgan fingerprint density at radius 1 is 0.875 bits per heavy atom. The molecule has 2 atom stereocenters. The highest BCUT2D eigenvalue weighted by Crippen LogP contribution is 2.46. The molecule has 0 unspecified atom stereocenters. The van der Waals surface area contributed by atoms with E-state index in [0.717, 1.165) is 11.3 Å². The summed E-state index contributed by atoms with van der Waals surface area (Å²) in [4.78, 5) is 27.6. The molecule has 0 bridgehead atoms. The van der Waals surface area contributed by atoms with Crippen LogP contribution in [0.3, 0.4) is 0 Å². The molecule has 206 valence electrons. The number of methoxy groups -OCH3 is 3. The number of carbonyl (C=O) groups is 2. The first-order valence-corrected chi connectivity index (χ1v) is 13.0. The van der Waals surface area contributed by atoms with Crippen molar-refractivity contribution >= 4 is 17.4 Å². The SMILES string of the molecule is COc1ccc(NC(=O)C2=C(C)NC3=C(C(=O)C[C@H](c4ccc(OC)c(OC)c4)C3)[C@H]2c2ccc(F)cc2)cc1. The van der Waals surface area contributed by atoms with Crippen LogP contribution in [-0.2, 0) is 9.59 Å². The first kappa shape index (κ1) is 27.0. The van der Waals surface area contributed by atoms with Gasteiger partial charge >= 0.3 is 0 Å². The van der Waals surface area contributed by atoms with Gasteiger partial charge in [-0.2, -0.15) is 0 Å². The van der Waals surface area contributed by atoms with Crippen molar-refractivity contribution in [2.24, 2.45) is 0 Å². The summed E-state index contributed by atoms with van der Waals surface area (Å²) in [6, 6.07) is 18.7. The molecule has 0 spiro atoms. The third-order valence-corrected chi connectivity index (χ3v) is 7.50. The van der Waals surface area contributed by atoms with Crippen molar-refractivity contribution in [3.8, 4) is 17.2 Å². The van der Waals surface area contributed by atoms with Gasteiger partial charge in [0.1, 0.15) is 11.6 Å². The van der Waals surface area contributed by atoms with Gasteiger partial charge in [0.15, 0.2) is 17.3 Å². The molecule has 2 aliphatic rings. The number of ketones is 1. The summed E-state index contributed by atoms with van der Waals surface area (Å²) in [7, 11) is 4.74. The lowest BCUT2D eigenvalue weighted by Gasteiger charge is -2.37. The van der Waals surface area contributed by atoms with Gasteiger partial charge in [-0.15, -0.1) is 0 Å². The summed E-state index contributed by atoms with van der Waals surface area (Å²) in [6.45, 7) is 1.83. The molecular weight excluding hydrogens is 511 g/mol. The average molecular weight is 543 g/mol. The van der Waals surface area contributed by atoms with Gasteiger partial charge in [0.2, 0.25) is 0 Å². The normalized spacial score (nSPS) is 18.6. The van der Waals surface area contributed by atoms with Crippen LogP contribution in [0.2, 0.25) is 0 Å². The first-order chi connectivity index (χ1) is 19.3. The van der Waals surface area contributed by atoms with E-state index in [1.165, 1.54) is 12.1 Å². The van der Waals surface area contributed by atoms with Crippen molar-refractivity contribution in [3.05, 3.63) is 106 Å². The van der Waals surface area contributed by atoms with Gasteiger partial charge in [-0.3, -0.25) is 9.59 Å². The van der Waals surface area contributed by atoms with Crippen LogP contribution in [0.25, 0.3) is 0 Å². The zero-order valence-corrected chi connectivity index (χ0v) is 22.8. The fourth-order valence-corrected chi connectivity index (χ4v) is 5.54. The van der Waals surface area contributed by atoms with Gasteiger partial charge in [0.05, 0.1) is 21.3 Å². The molecule has 0 radical (unpaired) electrons.